The van der Waals surface area contributed by atoms with Crippen molar-refractivity contribution in [3.63, 3.8) is 0 Å². The molecule has 1 aromatic heterocycles. The van der Waals surface area contributed by atoms with Crippen molar-refractivity contribution in [3.8, 4) is 5.75 Å². The molecule has 4 nitrogen and oxygen atoms in total. The van der Waals surface area contributed by atoms with Crippen LogP contribution in [0.25, 0.3) is 0 Å². The lowest BCUT2D eigenvalue weighted by atomic mass is 10.1. The number of carbonyl (C=O) groups excluding carboxylic acids is 1. The Kier molecular flexibility index (Phi) is 4.30. The Morgan fingerprint density at radius 3 is 2.80 bits per heavy atom. The maximum atomic E-state index is 13.6. The molecule has 2 rings (SSSR count). The van der Waals surface area contributed by atoms with Crippen LogP contribution < -0.4 is 10.1 Å². The number of ether oxygens (including phenoxy) is 1. The first-order valence-electron chi connectivity index (χ1n) is 6.16. The third kappa shape index (κ3) is 3.12. The lowest BCUT2D eigenvalue weighted by Gasteiger charge is -2.14. The molecule has 0 fully saturated rings. The summed E-state index contributed by atoms with van der Waals surface area (Å²) in [7, 11) is 1.38. The molecule has 1 heterocycles. The SMILES string of the molecule is COc1ccc(C(=O)N[C@H](C)c2cccnc2)cc1F. The van der Waals surface area contributed by atoms with Crippen molar-refractivity contribution in [2.45, 2.75) is 13.0 Å². The number of aromatic nitrogens is 1. The summed E-state index contributed by atoms with van der Waals surface area (Å²) in [4.78, 5) is 16.0. The minimum Gasteiger partial charge on any atom is -0.494 e. The number of nitrogens with one attached hydrogen (secondary N) is 1. The Balaban J connectivity index is 2.10. The molecule has 1 N–H and O–H groups in total. The first kappa shape index (κ1) is 14.0. The fourth-order valence-electron chi connectivity index (χ4n) is 1.80. The maximum absolute atomic E-state index is 13.6. The van der Waals surface area contributed by atoms with Crippen LogP contribution in [0.15, 0.2) is 42.7 Å². The molecule has 0 aliphatic rings. The quantitative estimate of drug-likeness (QED) is 0.932. The first-order valence-corrected chi connectivity index (χ1v) is 6.16. The molecule has 1 amide bonds. The topological polar surface area (TPSA) is 51.2 Å². The number of pyridine rings is 1. The van der Waals surface area contributed by atoms with E-state index in [1.807, 2.05) is 13.0 Å². The summed E-state index contributed by atoms with van der Waals surface area (Å²) < 4.78 is 18.4. The fraction of sp³-hybridized carbons (Fsp3) is 0.200. The van der Waals surface area contributed by atoms with Crippen molar-refractivity contribution < 1.29 is 13.9 Å². The molecule has 0 saturated carbocycles. The van der Waals surface area contributed by atoms with Crippen LogP contribution >= 0.6 is 0 Å². The number of methoxy groups -OCH3 is 1. The zero-order valence-corrected chi connectivity index (χ0v) is 11.3. The van der Waals surface area contributed by atoms with Gasteiger partial charge in [0, 0.05) is 18.0 Å². The number of hydrogen-bond acceptors (Lipinski definition) is 3. The summed E-state index contributed by atoms with van der Waals surface area (Å²) in [5.74, 6) is -0.793. The number of benzene rings is 1. The number of nitrogens with zero attached hydrogens (tertiary/aromatic N) is 1. The second-order valence-corrected chi connectivity index (χ2v) is 4.33. The van der Waals surface area contributed by atoms with Gasteiger partial charge >= 0.3 is 0 Å². The zero-order valence-electron chi connectivity index (χ0n) is 11.3. The molecule has 1 aromatic carbocycles. The third-order valence-electron chi connectivity index (χ3n) is 2.95. The molecule has 0 bridgehead atoms. The lowest BCUT2D eigenvalue weighted by molar-refractivity contribution is 0.0939. The Morgan fingerprint density at radius 1 is 1.40 bits per heavy atom. The van der Waals surface area contributed by atoms with Gasteiger partial charge in [0.2, 0.25) is 0 Å². The van der Waals surface area contributed by atoms with E-state index in [1.165, 1.54) is 19.2 Å². The highest BCUT2D eigenvalue weighted by Gasteiger charge is 2.13. The van der Waals surface area contributed by atoms with Crippen molar-refractivity contribution in [2.24, 2.45) is 0 Å². The van der Waals surface area contributed by atoms with E-state index >= 15 is 0 Å². The second-order valence-electron chi connectivity index (χ2n) is 4.33. The van der Waals surface area contributed by atoms with Crippen LogP contribution in [0.4, 0.5) is 4.39 Å². The van der Waals surface area contributed by atoms with Gasteiger partial charge in [-0.1, -0.05) is 6.07 Å². The van der Waals surface area contributed by atoms with E-state index in [9.17, 15) is 9.18 Å². The predicted molar refractivity (Wildman–Crippen MR) is 73.1 cm³/mol. The smallest absolute Gasteiger partial charge is 0.251 e. The zero-order chi connectivity index (χ0) is 14.5. The molecule has 2 aromatic rings. The molecule has 0 aliphatic carbocycles. The van der Waals surface area contributed by atoms with Gasteiger partial charge < -0.3 is 10.1 Å². The van der Waals surface area contributed by atoms with Crippen LogP contribution in [0.2, 0.25) is 0 Å². The molecule has 0 aliphatic heterocycles. The van der Waals surface area contributed by atoms with Crippen molar-refractivity contribution >= 4 is 5.91 Å². The first-order chi connectivity index (χ1) is 9.61. The highest BCUT2D eigenvalue weighted by Crippen LogP contribution is 2.18. The molecule has 104 valence electrons. The molecule has 0 saturated heterocycles. The predicted octanol–water partition coefficient (Wildman–Crippen LogP) is 2.72. The van der Waals surface area contributed by atoms with E-state index in [0.29, 0.717) is 0 Å². The molecule has 1 atom stereocenters. The highest BCUT2D eigenvalue weighted by atomic mass is 19.1. The number of rotatable bonds is 4. The molecule has 5 heteroatoms. The van der Waals surface area contributed by atoms with Gasteiger partial charge in [0.05, 0.1) is 13.2 Å². The highest BCUT2D eigenvalue weighted by molar-refractivity contribution is 5.94. The van der Waals surface area contributed by atoms with Gasteiger partial charge in [-0.2, -0.15) is 0 Å². The van der Waals surface area contributed by atoms with Gasteiger partial charge in [-0.15, -0.1) is 0 Å². The monoisotopic (exact) mass is 274 g/mol. The lowest BCUT2D eigenvalue weighted by Crippen LogP contribution is -2.26. The van der Waals surface area contributed by atoms with E-state index in [1.54, 1.807) is 18.5 Å². The Labute approximate surface area is 116 Å². The van der Waals surface area contributed by atoms with Gasteiger partial charge in [-0.3, -0.25) is 9.78 Å². The third-order valence-corrected chi connectivity index (χ3v) is 2.95. The second kappa shape index (κ2) is 6.14. The summed E-state index contributed by atoms with van der Waals surface area (Å²) in [6.07, 6.45) is 3.34. The van der Waals surface area contributed by atoms with Crippen molar-refractivity contribution in [2.75, 3.05) is 7.11 Å². The summed E-state index contributed by atoms with van der Waals surface area (Å²) in [5, 5.41) is 2.79. The maximum Gasteiger partial charge on any atom is 0.251 e. The molecular weight excluding hydrogens is 259 g/mol. The van der Waals surface area contributed by atoms with Crippen molar-refractivity contribution in [1.29, 1.82) is 0 Å². The van der Waals surface area contributed by atoms with Gasteiger partial charge in [0.15, 0.2) is 11.6 Å². The average Bonchev–Trinajstić information content (AvgIpc) is 2.48. The van der Waals surface area contributed by atoms with Crippen LogP contribution in [0, 0.1) is 5.82 Å². The average molecular weight is 274 g/mol. The van der Waals surface area contributed by atoms with Gasteiger partial charge in [-0.05, 0) is 36.8 Å². The van der Waals surface area contributed by atoms with Crippen LogP contribution in [0.5, 0.6) is 5.75 Å². The molecule has 0 unspecified atom stereocenters. The Morgan fingerprint density at radius 2 is 2.20 bits per heavy atom. The molecule has 0 radical (unpaired) electrons. The van der Waals surface area contributed by atoms with Crippen LogP contribution in [0.3, 0.4) is 0 Å². The number of carbonyl (C=O) groups is 1. The number of hydrogen-bond donors (Lipinski definition) is 1. The number of amides is 1. The van der Waals surface area contributed by atoms with Crippen molar-refractivity contribution in [3.05, 3.63) is 59.7 Å². The Hall–Kier alpha value is -2.43. The van der Waals surface area contributed by atoms with Crippen LogP contribution in [-0.2, 0) is 0 Å². The fourth-order valence-corrected chi connectivity index (χ4v) is 1.80. The number of halogens is 1. The van der Waals surface area contributed by atoms with Crippen LogP contribution in [0.1, 0.15) is 28.9 Å². The van der Waals surface area contributed by atoms with Gasteiger partial charge in [0.1, 0.15) is 0 Å². The van der Waals surface area contributed by atoms with E-state index in [-0.39, 0.29) is 23.3 Å². The van der Waals surface area contributed by atoms with Gasteiger partial charge in [-0.25, -0.2) is 4.39 Å². The Bertz CT molecular complexity index is 602. The summed E-state index contributed by atoms with van der Waals surface area (Å²) in [6.45, 7) is 1.84. The van der Waals surface area contributed by atoms with E-state index in [4.69, 9.17) is 4.74 Å². The molecular formula is C15H15FN2O2. The van der Waals surface area contributed by atoms with Crippen molar-refractivity contribution in [1.82, 2.24) is 10.3 Å². The van der Waals surface area contributed by atoms with E-state index in [0.717, 1.165) is 11.6 Å². The summed E-state index contributed by atoms with van der Waals surface area (Å²) >= 11 is 0. The summed E-state index contributed by atoms with van der Waals surface area (Å²) in [5.41, 5.74) is 1.13. The normalized spacial score (nSPS) is 11.8. The minimum absolute atomic E-state index is 0.113. The summed E-state index contributed by atoms with van der Waals surface area (Å²) in [6, 6.07) is 7.56. The van der Waals surface area contributed by atoms with E-state index in [2.05, 4.69) is 10.3 Å². The minimum atomic E-state index is -0.561. The van der Waals surface area contributed by atoms with Crippen LogP contribution in [-0.4, -0.2) is 18.0 Å². The van der Waals surface area contributed by atoms with E-state index < -0.39 is 5.82 Å². The van der Waals surface area contributed by atoms with Gasteiger partial charge in [0.25, 0.3) is 5.91 Å². The molecule has 20 heavy (non-hydrogen) atoms. The molecule has 0 spiro atoms. The standard InChI is InChI=1S/C15H15FN2O2/c1-10(12-4-3-7-17-9-12)18-15(19)11-5-6-14(20-2)13(16)8-11/h3-10H,1-2H3,(H,18,19)/t10-/m1/s1. The largest absolute Gasteiger partial charge is 0.494 e.